The Balaban J connectivity index is 1.70. The third-order valence-corrected chi connectivity index (χ3v) is 5.71. The molecule has 0 bridgehead atoms. The van der Waals surface area contributed by atoms with Crippen LogP contribution in [0.15, 0.2) is 24.3 Å². The summed E-state index contributed by atoms with van der Waals surface area (Å²) in [5, 5.41) is 2.86. The summed E-state index contributed by atoms with van der Waals surface area (Å²) >= 11 is 0. The molecule has 28 heavy (non-hydrogen) atoms. The number of nitrogens with one attached hydrogen (secondary N) is 1. The molecule has 3 rings (SSSR count). The average molecular weight is 389 g/mol. The van der Waals surface area contributed by atoms with Crippen molar-refractivity contribution in [2.45, 2.75) is 52.1 Å². The standard InChI is InChI=1S/C21H28FN3O3/c1-14-9-20(2,3)13-21(10-14)18(27)25(19(28)23-21)12-17(26)24(4)11-15-7-5-6-8-16(15)22/h5-8,14H,9-13H2,1-4H3,(H,23,28). The van der Waals surface area contributed by atoms with Gasteiger partial charge in [0.1, 0.15) is 17.9 Å². The predicted molar refractivity (Wildman–Crippen MR) is 103 cm³/mol. The monoisotopic (exact) mass is 389 g/mol. The molecule has 1 heterocycles. The van der Waals surface area contributed by atoms with E-state index in [-0.39, 0.29) is 24.4 Å². The first kappa shape index (κ1) is 20.3. The van der Waals surface area contributed by atoms with E-state index in [0.29, 0.717) is 24.3 Å². The van der Waals surface area contributed by atoms with Gasteiger partial charge in [-0.15, -0.1) is 0 Å². The van der Waals surface area contributed by atoms with Gasteiger partial charge in [-0.25, -0.2) is 9.18 Å². The minimum atomic E-state index is -0.928. The zero-order chi connectivity index (χ0) is 20.7. The van der Waals surface area contributed by atoms with Crippen LogP contribution in [0.4, 0.5) is 9.18 Å². The van der Waals surface area contributed by atoms with Gasteiger partial charge in [0.2, 0.25) is 5.91 Å². The molecule has 2 unspecified atom stereocenters. The fourth-order valence-corrected chi connectivity index (χ4v) is 4.88. The van der Waals surface area contributed by atoms with Crippen LogP contribution in [0.5, 0.6) is 0 Å². The molecule has 2 fully saturated rings. The van der Waals surface area contributed by atoms with E-state index < -0.39 is 23.3 Å². The molecule has 152 valence electrons. The van der Waals surface area contributed by atoms with Crippen LogP contribution in [-0.2, 0) is 16.1 Å². The molecule has 1 aliphatic heterocycles. The molecule has 2 aliphatic rings. The van der Waals surface area contributed by atoms with Crippen molar-refractivity contribution in [1.29, 1.82) is 0 Å². The summed E-state index contributed by atoms with van der Waals surface area (Å²) < 4.78 is 13.8. The SMILES string of the molecule is CC1CC(C)(C)CC2(C1)NC(=O)N(CC(=O)N(C)Cc1ccccc1F)C2=O. The van der Waals surface area contributed by atoms with Crippen LogP contribution in [0.3, 0.4) is 0 Å². The van der Waals surface area contributed by atoms with E-state index in [1.165, 1.54) is 18.0 Å². The van der Waals surface area contributed by atoms with Gasteiger partial charge in [-0.2, -0.15) is 0 Å². The minimum Gasteiger partial charge on any atom is -0.340 e. The van der Waals surface area contributed by atoms with Crippen LogP contribution in [0.1, 0.15) is 45.6 Å². The Morgan fingerprint density at radius 2 is 1.96 bits per heavy atom. The number of urea groups is 1. The van der Waals surface area contributed by atoms with Crippen molar-refractivity contribution < 1.29 is 18.8 Å². The second-order valence-electron chi connectivity index (χ2n) is 9.10. The third kappa shape index (κ3) is 3.88. The third-order valence-electron chi connectivity index (χ3n) is 5.71. The number of hydrogen-bond donors (Lipinski definition) is 1. The van der Waals surface area contributed by atoms with E-state index >= 15 is 0 Å². The van der Waals surface area contributed by atoms with Gasteiger partial charge in [-0.1, -0.05) is 39.0 Å². The van der Waals surface area contributed by atoms with Crippen molar-refractivity contribution in [3.63, 3.8) is 0 Å². The topological polar surface area (TPSA) is 69.7 Å². The molecule has 1 aromatic rings. The van der Waals surface area contributed by atoms with E-state index in [1.807, 2.05) is 0 Å². The first-order valence-electron chi connectivity index (χ1n) is 9.64. The van der Waals surface area contributed by atoms with Gasteiger partial charge in [-0.3, -0.25) is 14.5 Å². The number of carbonyl (C=O) groups is 3. The highest BCUT2D eigenvalue weighted by Crippen LogP contribution is 2.46. The first-order chi connectivity index (χ1) is 13.0. The zero-order valence-corrected chi connectivity index (χ0v) is 16.9. The Morgan fingerprint density at radius 3 is 2.61 bits per heavy atom. The van der Waals surface area contributed by atoms with Crippen molar-refractivity contribution in [1.82, 2.24) is 15.1 Å². The van der Waals surface area contributed by atoms with Gasteiger partial charge in [0.25, 0.3) is 5.91 Å². The van der Waals surface area contributed by atoms with Crippen LogP contribution in [0, 0.1) is 17.2 Å². The van der Waals surface area contributed by atoms with Crippen LogP contribution in [0.25, 0.3) is 0 Å². The summed E-state index contributed by atoms with van der Waals surface area (Å²) in [7, 11) is 1.54. The molecule has 0 radical (unpaired) electrons. The molecule has 4 amide bonds. The van der Waals surface area contributed by atoms with Crippen LogP contribution in [0.2, 0.25) is 0 Å². The number of halogens is 1. The summed E-state index contributed by atoms with van der Waals surface area (Å²) in [5.41, 5.74) is -0.611. The Hall–Kier alpha value is -2.44. The van der Waals surface area contributed by atoms with Gasteiger partial charge in [0, 0.05) is 19.2 Å². The lowest BCUT2D eigenvalue weighted by Gasteiger charge is -2.43. The highest BCUT2D eigenvalue weighted by Gasteiger charge is 2.56. The molecule has 0 aromatic heterocycles. The molecule has 1 aromatic carbocycles. The van der Waals surface area contributed by atoms with E-state index in [4.69, 9.17) is 0 Å². The lowest BCUT2D eigenvalue weighted by atomic mass is 9.64. The van der Waals surface area contributed by atoms with Crippen molar-refractivity contribution in [3.05, 3.63) is 35.6 Å². The second-order valence-corrected chi connectivity index (χ2v) is 9.10. The molecular formula is C21H28FN3O3. The number of imide groups is 1. The summed E-state index contributed by atoms with van der Waals surface area (Å²) in [5.74, 6) is -0.835. The number of carbonyl (C=O) groups excluding carboxylic acids is 3. The van der Waals surface area contributed by atoms with E-state index in [0.717, 1.165) is 11.3 Å². The van der Waals surface area contributed by atoms with E-state index in [9.17, 15) is 18.8 Å². The number of amides is 4. The Labute approximate surface area is 165 Å². The predicted octanol–water partition coefficient (Wildman–Crippen LogP) is 2.92. The van der Waals surface area contributed by atoms with E-state index in [1.54, 1.807) is 18.2 Å². The molecule has 2 atom stereocenters. The Morgan fingerprint density at radius 1 is 1.29 bits per heavy atom. The summed E-state index contributed by atoms with van der Waals surface area (Å²) in [6.07, 6.45) is 2.13. The number of hydrogen-bond acceptors (Lipinski definition) is 3. The maximum atomic E-state index is 13.8. The first-order valence-corrected chi connectivity index (χ1v) is 9.64. The normalized spacial score (nSPS) is 26.5. The van der Waals surface area contributed by atoms with Crippen molar-refractivity contribution in [2.24, 2.45) is 11.3 Å². The molecule has 1 aliphatic carbocycles. The lowest BCUT2D eigenvalue weighted by molar-refractivity contribution is -0.140. The second kappa shape index (κ2) is 7.18. The van der Waals surface area contributed by atoms with Gasteiger partial charge in [0.05, 0.1) is 0 Å². The van der Waals surface area contributed by atoms with Crippen molar-refractivity contribution >= 4 is 17.8 Å². The van der Waals surface area contributed by atoms with Crippen LogP contribution >= 0.6 is 0 Å². The number of nitrogens with zero attached hydrogens (tertiary/aromatic N) is 2. The summed E-state index contributed by atoms with van der Waals surface area (Å²) in [6.45, 7) is 6.01. The smallest absolute Gasteiger partial charge is 0.325 e. The molecule has 7 heteroatoms. The molecule has 1 N–H and O–H groups in total. The quantitative estimate of drug-likeness (QED) is 0.805. The Kier molecular flexibility index (Phi) is 5.21. The maximum Gasteiger partial charge on any atom is 0.325 e. The van der Waals surface area contributed by atoms with E-state index in [2.05, 4.69) is 26.1 Å². The molecule has 1 saturated carbocycles. The number of rotatable bonds is 4. The summed E-state index contributed by atoms with van der Waals surface area (Å²) in [6, 6.07) is 5.69. The fraction of sp³-hybridized carbons (Fsp3) is 0.571. The Bertz CT molecular complexity index is 810. The maximum absolute atomic E-state index is 13.8. The zero-order valence-electron chi connectivity index (χ0n) is 16.9. The van der Waals surface area contributed by atoms with Gasteiger partial charge in [-0.05, 0) is 36.7 Å². The average Bonchev–Trinajstić information content (AvgIpc) is 2.78. The van der Waals surface area contributed by atoms with Gasteiger partial charge in [0.15, 0.2) is 0 Å². The van der Waals surface area contributed by atoms with Crippen LogP contribution in [-0.4, -0.2) is 46.8 Å². The molecule has 6 nitrogen and oxygen atoms in total. The highest BCUT2D eigenvalue weighted by molar-refractivity contribution is 6.09. The number of benzene rings is 1. The minimum absolute atomic E-state index is 0.0672. The van der Waals surface area contributed by atoms with Gasteiger partial charge >= 0.3 is 6.03 Å². The van der Waals surface area contributed by atoms with Crippen LogP contribution < -0.4 is 5.32 Å². The summed E-state index contributed by atoms with van der Waals surface area (Å²) in [4.78, 5) is 40.6. The highest BCUT2D eigenvalue weighted by atomic mass is 19.1. The molecule has 1 spiro atoms. The van der Waals surface area contributed by atoms with Crippen molar-refractivity contribution in [3.8, 4) is 0 Å². The van der Waals surface area contributed by atoms with Gasteiger partial charge < -0.3 is 10.2 Å². The van der Waals surface area contributed by atoms with Crippen molar-refractivity contribution in [2.75, 3.05) is 13.6 Å². The number of likely N-dealkylation sites (N-methyl/N-ethyl adjacent to an activating group) is 1. The molecule has 1 saturated heterocycles. The lowest BCUT2D eigenvalue weighted by Crippen LogP contribution is -2.54. The molecular weight excluding hydrogens is 361 g/mol. The largest absolute Gasteiger partial charge is 0.340 e. The fourth-order valence-electron chi connectivity index (χ4n) is 4.88.